The van der Waals surface area contributed by atoms with Gasteiger partial charge in [-0.25, -0.2) is 18.0 Å². The fraction of sp³-hybridized carbons (Fsp3) is 0.545. The third kappa shape index (κ3) is 6.26. The van der Waals surface area contributed by atoms with E-state index in [0.29, 0.717) is 13.1 Å². The Labute approximate surface area is 200 Å². The zero-order chi connectivity index (χ0) is 24.6. The van der Waals surface area contributed by atoms with Crippen LogP contribution < -0.4 is 4.90 Å². The monoisotopic (exact) mass is 502 g/mol. The molecule has 33 heavy (non-hydrogen) atoms. The maximum Gasteiger partial charge on any atom is 0.355 e. The molecule has 0 amide bonds. The first-order valence-electron chi connectivity index (χ1n) is 10.8. The van der Waals surface area contributed by atoms with Crippen molar-refractivity contribution in [3.05, 3.63) is 34.5 Å². The van der Waals surface area contributed by atoms with Gasteiger partial charge in [0, 0.05) is 13.1 Å². The van der Waals surface area contributed by atoms with Gasteiger partial charge in [0.05, 0.1) is 42.0 Å². The summed E-state index contributed by atoms with van der Waals surface area (Å²) in [7, 11) is -1.45. The van der Waals surface area contributed by atoms with Crippen molar-refractivity contribution in [2.24, 2.45) is 0 Å². The van der Waals surface area contributed by atoms with Gasteiger partial charge in [-0.3, -0.25) is 0 Å². The lowest BCUT2D eigenvalue weighted by Crippen LogP contribution is -2.39. The maximum absolute atomic E-state index is 13.4. The number of anilines is 1. The minimum atomic E-state index is -3.82. The molecule has 0 N–H and O–H groups in total. The molecule has 1 aromatic carbocycles. The minimum Gasteiger partial charge on any atom is -0.466 e. The Hall–Kier alpha value is -2.14. The highest BCUT2D eigenvalue weighted by atomic mass is 35.5. The number of carbonyl (C=O) groups excluding carboxylic acids is 2. The molecule has 0 radical (unpaired) electrons. The predicted molar refractivity (Wildman–Crippen MR) is 124 cm³/mol. The van der Waals surface area contributed by atoms with Gasteiger partial charge in [-0.1, -0.05) is 38.3 Å². The Morgan fingerprint density at radius 3 is 2.24 bits per heavy atom. The van der Waals surface area contributed by atoms with Crippen molar-refractivity contribution < 1.29 is 32.2 Å². The summed E-state index contributed by atoms with van der Waals surface area (Å²) in [6.45, 7) is 4.52. The molecule has 0 saturated carbocycles. The third-order valence-corrected chi connectivity index (χ3v) is 7.42. The van der Waals surface area contributed by atoms with E-state index < -0.39 is 22.0 Å². The fourth-order valence-corrected chi connectivity index (χ4v) is 5.12. The van der Waals surface area contributed by atoms with Crippen molar-refractivity contribution in [2.75, 3.05) is 45.5 Å². The van der Waals surface area contributed by atoms with Gasteiger partial charge in [0.15, 0.2) is 0 Å². The number of esters is 2. The van der Waals surface area contributed by atoms with Crippen molar-refractivity contribution in [2.45, 2.75) is 44.4 Å². The Balaban J connectivity index is 2.58. The van der Waals surface area contributed by atoms with Crippen LogP contribution in [0.1, 0.15) is 39.5 Å². The van der Waals surface area contributed by atoms with Crippen molar-refractivity contribution in [1.29, 1.82) is 0 Å². The predicted octanol–water partition coefficient (Wildman–Crippen LogP) is 3.33. The molecule has 0 unspecified atom stereocenters. The molecule has 9 nitrogen and oxygen atoms in total. The van der Waals surface area contributed by atoms with E-state index in [4.69, 9.17) is 25.8 Å². The molecule has 184 valence electrons. The van der Waals surface area contributed by atoms with Crippen LogP contribution in [0.5, 0.6) is 0 Å². The lowest BCUT2D eigenvalue weighted by Gasteiger charge is -2.32. The van der Waals surface area contributed by atoms with E-state index in [2.05, 4.69) is 0 Å². The van der Waals surface area contributed by atoms with Gasteiger partial charge in [-0.2, -0.15) is 4.31 Å². The lowest BCUT2D eigenvalue weighted by atomic mass is 10.1. The maximum atomic E-state index is 13.4. The highest BCUT2D eigenvalue weighted by Crippen LogP contribution is 2.35. The first-order chi connectivity index (χ1) is 15.7. The molecule has 1 heterocycles. The molecule has 0 saturated heterocycles. The molecular formula is C22H31ClN2O7S. The molecule has 0 atom stereocenters. The van der Waals surface area contributed by atoms with Gasteiger partial charge in [0.2, 0.25) is 10.0 Å². The standard InChI is InChI=1S/C22H31ClN2O7S/c1-5-7-11-24(12-8-6-2)33(28,29)16-9-10-18(23)19(13-16)25-15-32-14-17(21(26)30-3)20(25)22(27)31-4/h9-10,13H,5-8,11-12,14-15H2,1-4H3. The average Bonchev–Trinajstić information content (AvgIpc) is 2.82. The number of benzene rings is 1. The summed E-state index contributed by atoms with van der Waals surface area (Å²) in [4.78, 5) is 26.2. The van der Waals surface area contributed by atoms with E-state index in [9.17, 15) is 18.0 Å². The summed E-state index contributed by atoms with van der Waals surface area (Å²) >= 11 is 6.40. The topological polar surface area (TPSA) is 102 Å². The Bertz CT molecular complexity index is 986. The number of hydrogen-bond donors (Lipinski definition) is 0. The van der Waals surface area contributed by atoms with Gasteiger partial charge in [0.1, 0.15) is 12.4 Å². The van der Waals surface area contributed by atoms with E-state index in [0.717, 1.165) is 25.7 Å². The summed E-state index contributed by atoms with van der Waals surface area (Å²) in [6, 6.07) is 4.26. The van der Waals surface area contributed by atoms with Crippen LogP contribution >= 0.6 is 11.6 Å². The summed E-state index contributed by atoms with van der Waals surface area (Å²) in [5, 5.41) is 0.179. The summed E-state index contributed by atoms with van der Waals surface area (Å²) in [6.07, 6.45) is 3.19. The molecule has 1 aliphatic rings. The fourth-order valence-electron chi connectivity index (χ4n) is 3.36. The van der Waals surface area contributed by atoms with E-state index in [1.807, 2.05) is 13.8 Å². The van der Waals surface area contributed by atoms with Crippen LogP contribution in [0.15, 0.2) is 34.4 Å². The van der Waals surface area contributed by atoms with Gasteiger partial charge >= 0.3 is 11.9 Å². The second-order valence-electron chi connectivity index (χ2n) is 7.44. The summed E-state index contributed by atoms with van der Waals surface area (Å²) in [5.41, 5.74) is 0.0403. The summed E-state index contributed by atoms with van der Waals surface area (Å²) in [5.74, 6) is -1.55. The molecule has 0 bridgehead atoms. The number of carbonyl (C=O) groups is 2. The molecule has 2 rings (SSSR count). The molecule has 11 heteroatoms. The average molecular weight is 503 g/mol. The minimum absolute atomic E-state index is 0.0310. The zero-order valence-corrected chi connectivity index (χ0v) is 21.0. The van der Waals surface area contributed by atoms with E-state index in [1.54, 1.807) is 0 Å². The third-order valence-electron chi connectivity index (χ3n) is 5.20. The largest absolute Gasteiger partial charge is 0.466 e. The molecule has 0 fully saturated rings. The van der Waals surface area contributed by atoms with E-state index in [-0.39, 0.29) is 40.2 Å². The number of rotatable bonds is 11. The quantitative estimate of drug-likeness (QED) is 0.424. The number of halogens is 1. The van der Waals surface area contributed by atoms with Crippen molar-refractivity contribution in [3.63, 3.8) is 0 Å². The number of ether oxygens (including phenoxy) is 3. The number of hydrogen-bond acceptors (Lipinski definition) is 8. The van der Waals surface area contributed by atoms with Gasteiger partial charge in [-0.05, 0) is 31.0 Å². The number of nitrogens with zero attached hydrogens (tertiary/aromatic N) is 2. The number of sulfonamides is 1. The highest BCUT2D eigenvalue weighted by Gasteiger charge is 2.34. The number of methoxy groups -OCH3 is 2. The second kappa shape index (κ2) is 12.4. The zero-order valence-electron chi connectivity index (χ0n) is 19.4. The lowest BCUT2D eigenvalue weighted by molar-refractivity contribution is -0.140. The van der Waals surface area contributed by atoms with Gasteiger partial charge < -0.3 is 19.1 Å². The molecular weight excluding hydrogens is 472 g/mol. The van der Waals surface area contributed by atoms with Crippen molar-refractivity contribution in [3.8, 4) is 0 Å². The SMILES string of the molecule is CCCCN(CCCC)S(=O)(=O)c1ccc(Cl)c(N2COCC(C(=O)OC)=C2C(=O)OC)c1. The van der Waals surface area contributed by atoms with Crippen LogP contribution in [-0.4, -0.2) is 65.3 Å². The molecule has 0 aliphatic carbocycles. The summed E-state index contributed by atoms with van der Waals surface area (Å²) < 4.78 is 43.4. The Kier molecular flexibility index (Phi) is 10.2. The van der Waals surface area contributed by atoms with Gasteiger partial charge in [0.25, 0.3) is 0 Å². The number of unbranched alkanes of at least 4 members (excludes halogenated alkanes) is 2. The Morgan fingerprint density at radius 1 is 1.09 bits per heavy atom. The van der Waals surface area contributed by atoms with Crippen LogP contribution in [0.25, 0.3) is 0 Å². The van der Waals surface area contributed by atoms with Crippen molar-refractivity contribution in [1.82, 2.24) is 4.31 Å². The van der Waals surface area contributed by atoms with E-state index >= 15 is 0 Å². The molecule has 0 aromatic heterocycles. The molecule has 0 spiro atoms. The van der Waals surface area contributed by atoms with Crippen LogP contribution in [-0.2, 0) is 33.8 Å². The van der Waals surface area contributed by atoms with E-state index in [1.165, 1.54) is 41.6 Å². The molecule has 1 aromatic rings. The smallest absolute Gasteiger partial charge is 0.355 e. The van der Waals surface area contributed by atoms with Crippen molar-refractivity contribution >= 4 is 39.3 Å². The van der Waals surface area contributed by atoms with Gasteiger partial charge in [-0.15, -0.1) is 0 Å². The van der Waals surface area contributed by atoms with Crippen LogP contribution in [0.2, 0.25) is 5.02 Å². The van der Waals surface area contributed by atoms with Crippen LogP contribution in [0.4, 0.5) is 5.69 Å². The van der Waals surface area contributed by atoms with Crippen LogP contribution in [0.3, 0.4) is 0 Å². The first kappa shape index (κ1) is 27.1. The highest BCUT2D eigenvalue weighted by molar-refractivity contribution is 7.89. The van der Waals surface area contributed by atoms with Crippen LogP contribution in [0, 0.1) is 0 Å². The second-order valence-corrected chi connectivity index (χ2v) is 9.79. The first-order valence-corrected chi connectivity index (χ1v) is 12.6. The molecule has 1 aliphatic heterocycles. The normalized spacial score (nSPS) is 14.5. The Morgan fingerprint density at radius 2 is 1.70 bits per heavy atom.